The van der Waals surface area contributed by atoms with E-state index in [-0.39, 0.29) is 17.6 Å². The third-order valence-corrected chi connectivity index (χ3v) is 5.30. The van der Waals surface area contributed by atoms with Crippen molar-refractivity contribution in [3.05, 3.63) is 0 Å². The summed E-state index contributed by atoms with van der Waals surface area (Å²) in [5.74, 6) is 1.88. The third-order valence-electron chi connectivity index (χ3n) is 5.30. The van der Waals surface area contributed by atoms with Crippen molar-refractivity contribution in [2.45, 2.75) is 45.6 Å². The minimum Gasteiger partial charge on any atom is -0.396 e. The van der Waals surface area contributed by atoms with Crippen LogP contribution in [0.15, 0.2) is 0 Å². The van der Waals surface area contributed by atoms with Gasteiger partial charge in [0.25, 0.3) is 0 Å². The van der Waals surface area contributed by atoms with Crippen LogP contribution < -0.4 is 0 Å². The number of hydrogen-bond acceptors (Lipinski definition) is 2. The molecule has 2 saturated carbocycles. The van der Waals surface area contributed by atoms with Gasteiger partial charge in [0.2, 0.25) is 0 Å². The van der Waals surface area contributed by atoms with Gasteiger partial charge in [-0.05, 0) is 31.1 Å². The Morgan fingerprint density at radius 1 is 1.47 bits per heavy atom. The summed E-state index contributed by atoms with van der Waals surface area (Å²) in [7, 11) is 1.82. The van der Waals surface area contributed by atoms with Gasteiger partial charge in [-0.2, -0.15) is 0 Å². The van der Waals surface area contributed by atoms with Crippen LogP contribution in [-0.4, -0.2) is 24.4 Å². The second-order valence-electron chi connectivity index (χ2n) is 5.99. The Morgan fingerprint density at radius 2 is 2.13 bits per heavy atom. The Hall–Kier alpha value is -0.0800. The van der Waals surface area contributed by atoms with Crippen LogP contribution in [0.1, 0.15) is 40.0 Å². The van der Waals surface area contributed by atoms with Gasteiger partial charge in [-0.1, -0.05) is 20.8 Å². The minimum absolute atomic E-state index is 0.00502. The summed E-state index contributed by atoms with van der Waals surface area (Å²) in [6.45, 7) is 7.17. The monoisotopic (exact) mass is 212 g/mol. The molecule has 2 fully saturated rings. The molecule has 2 nitrogen and oxygen atoms in total. The number of rotatable bonds is 3. The Kier molecular flexibility index (Phi) is 2.63. The summed E-state index contributed by atoms with van der Waals surface area (Å²) in [6, 6.07) is 0. The highest BCUT2D eigenvalue weighted by Crippen LogP contribution is 2.71. The van der Waals surface area contributed by atoms with E-state index in [1.54, 1.807) is 0 Å². The lowest BCUT2D eigenvalue weighted by atomic mass is 9.76. The first-order valence-electron chi connectivity index (χ1n) is 6.18. The van der Waals surface area contributed by atoms with E-state index in [2.05, 4.69) is 20.8 Å². The average Bonchev–Trinajstić information content (AvgIpc) is 2.76. The van der Waals surface area contributed by atoms with E-state index in [9.17, 15) is 5.11 Å². The topological polar surface area (TPSA) is 29.5 Å². The van der Waals surface area contributed by atoms with Gasteiger partial charge in [0.15, 0.2) is 0 Å². The lowest BCUT2D eigenvalue weighted by Gasteiger charge is -2.34. The maximum Gasteiger partial charge on any atom is 0.0795 e. The van der Waals surface area contributed by atoms with Crippen LogP contribution in [0.25, 0.3) is 0 Å². The summed E-state index contributed by atoms with van der Waals surface area (Å²) < 4.78 is 5.78. The number of aliphatic hydroxyl groups excluding tert-OH is 1. The molecule has 0 radical (unpaired) electrons. The van der Waals surface area contributed by atoms with Crippen molar-refractivity contribution in [1.82, 2.24) is 0 Å². The Bertz CT molecular complexity index is 251. The Labute approximate surface area is 93.0 Å². The van der Waals surface area contributed by atoms with E-state index in [0.29, 0.717) is 5.92 Å². The van der Waals surface area contributed by atoms with Crippen LogP contribution >= 0.6 is 0 Å². The molecule has 2 rings (SSSR count). The van der Waals surface area contributed by atoms with Gasteiger partial charge in [0.1, 0.15) is 0 Å². The fourth-order valence-electron chi connectivity index (χ4n) is 3.94. The predicted molar refractivity (Wildman–Crippen MR) is 60.6 cm³/mol. The van der Waals surface area contributed by atoms with Crippen molar-refractivity contribution in [1.29, 1.82) is 0 Å². The molecule has 0 amide bonds. The molecule has 0 unspecified atom stereocenters. The molecule has 0 aromatic rings. The first-order valence-corrected chi connectivity index (χ1v) is 6.18. The molecule has 0 aromatic carbocycles. The maximum absolute atomic E-state index is 9.44. The molecular formula is C13H24O2. The van der Waals surface area contributed by atoms with Crippen LogP contribution in [0.3, 0.4) is 0 Å². The van der Waals surface area contributed by atoms with Gasteiger partial charge >= 0.3 is 0 Å². The zero-order chi connectivity index (χ0) is 11.3. The molecule has 0 bridgehead atoms. The highest BCUT2D eigenvalue weighted by Gasteiger charge is 2.75. The van der Waals surface area contributed by atoms with E-state index < -0.39 is 0 Å². The van der Waals surface area contributed by atoms with Crippen molar-refractivity contribution in [2.24, 2.45) is 23.2 Å². The molecule has 2 heteroatoms. The molecule has 0 aromatic heterocycles. The Balaban J connectivity index is 2.16. The standard InChI is InChI=1S/C13H24O2/c1-9(2)10-5-6-12(3)11(8-14)13(12,7-10)15-4/h9-11,14H,5-8H2,1-4H3/t10-,11+,12+,13+/m1/s1. The van der Waals surface area contributed by atoms with Crippen LogP contribution in [0.5, 0.6) is 0 Å². The molecule has 0 spiro atoms. The highest BCUT2D eigenvalue weighted by molar-refractivity contribution is 5.24. The number of fused-ring (bicyclic) bond motifs is 1. The zero-order valence-electron chi connectivity index (χ0n) is 10.4. The van der Waals surface area contributed by atoms with Crippen molar-refractivity contribution in [3.8, 4) is 0 Å². The van der Waals surface area contributed by atoms with Crippen molar-refractivity contribution in [3.63, 3.8) is 0 Å². The molecule has 0 aliphatic heterocycles. The third kappa shape index (κ3) is 1.31. The molecule has 15 heavy (non-hydrogen) atoms. The molecule has 0 heterocycles. The van der Waals surface area contributed by atoms with Crippen LogP contribution in [-0.2, 0) is 4.74 Å². The summed E-state index contributed by atoms with van der Waals surface area (Å²) in [5.41, 5.74) is 0.247. The fourth-order valence-corrected chi connectivity index (χ4v) is 3.94. The first kappa shape index (κ1) is 11.4. The van der Waals surface area contributed by atoms with Gasteiger partial charge in [0, 0.05) is 25.0 Å². The van der Waals surface area contributed by atoms with Gasteiger partial charge in [-0.25, -0.2) is 0 Å². The predicted octanol–water partition coefficient (Wildman–Crippen LogP) is 2.46. The minimum atomic E-state index is -0.00502. The molecule has 0 saturated heterocycles. The largest absolute Gasteiger partial charge is 0.396 e. The van der Waals surface area contributed by atoms with Gasteiger partial charge in [-0.3, -0.25) is 0 Å². The average molecular weight is 212 g/mol. The van der Waals surface area contributed by atoms with E-state index in [4.69, 9.17) is 4.74 Å². The van der Waals surface area contributed by atoms with E-state index in [1.807, 2.05) is 7.11 Å². The van der Waals surface area contributed by atoms with E-state index >= 15 is 0 Å². The number of aliphatic hydroxyl groups is 1. The smallest absolute Gasteiger partial charge is 0.0795 e. The van der Waals surface area contributed by atoms with Crippen molar-refractivity contribution >= 4 is 0 Å². The van der Waals surface area contributed by atoms with Gasteiger partial charge < -0.3 is 9.84 Å². The van der Waals surface area contributed by atoms with E-state index in [0.717, 1.165) is 18.3 Å². The lowest BCUT2D eigenvalue weighted by molar-refractivity contribution is -0.0130. The van der Waals surface area contributed by atoms with Gasteiger partial charge in [0.05, 0.1) is 5.60 Å². The summed E-state index contributed by atoms with van der Waals surface area (Å²) in [5, 5.41) is 9.44. The van der Waals surface area contributed by atoms with Crippen LogP contribution in [0.2, 0.25) is 0 Å². The van der Waals surface area contributed by atoms with E-state index in [1.165, 1.54) is 12.8 Å². The number of ether oxygens (including phenoxy) is 1. The highest BCUT2D eigenvalue weighted by atomic mass is 16.5. The van der Waals surface area contributed by atoms with Crippen LogP contribution in [0, 0.1) is 23.2 Å². The fraction of sp³-hybridized carbons (Fsp3) is 1.00. The Morgan fingerprint density at radius 3 is 2.60 bits per heavy atom. The normalized spacial score (nSPS) is 49.2. The summed E-state index contributed by atoms with van der Waals surface area (Å²) >= 11 is 0. The summed E-state index contributed by atoms with van der Waals surface area (Å²) in [4.78, 5) is 0. The van der Waals surface area contributed by atoms with Gasteiger partial charge in [-0.15, -0.1) is 0 Å². The number of methoxy groups -OCH3 is 1. The SMILES string of the molecule is CO[C@]12C[C@H](C(C)C)CC[C@@]1(C)[C@@H]2CO. The molecule has 4 atom stereocenters. The van der Waals surface area contributed by atoms with Crippen molar-refractivity contribution < 1.29 is 9.84 Å². The number of hydrogen-bond donors (Lipinski definition) is 1. The molecular weight excluding hydrogens is 188 g/mol. The van der Waals surface area contributed by atoms with Crippen molar-refractivity contribution in [2.75, 3.05) is 13.7 Å². The lowest BCUT2D eigenvalue weighted by Crippen LogP contribution is -2.32. The zero-order valence-corrected chi connectivity index (χ0v) is 10.4. The quantitative estimate of drug-likeness (QED) is 0.778. The second-order valence-corrected chi connectivity index (χ2v) is 5.99. The maximum atomic E-state index is 9.44. The van der Waals surface area contributed by atoms with Crippen LogP contribution in [0.4, 0.5) is 0 Å². The first-order chi connectivity index (χ1) is 7.02. The molecule has 2 aliphatic rings. The summed E-state index contributed by atoms with van der Waals surface area (Å²) in [6.07, 6.45) is 3.66. The molecule has 2 aliphatic carbocycles. The molecule has 88 valence electrons. The molecule has 1 N–H and O–H groups in total. The second kappa shape index (κ2) is 3.46.